The Morgan fingerprint density at radius 2 is 2.05 bits per heavy atom. The zero-order chi connectivity index (χ0) is 14.1. The maximum atomic E-state index is 11.9. The molecule has 0 aliphatic carbocycles. The molecule has 0 aromatic carbocycles. The third kappa shape index (κ3) is 7.82. The summed E-state index contributed by atoms with van der Waals surface area (Å²) in [6.45, 7) is 3.09. The molecule has 5 heteroatoms. The van der Waals surface area contributed by atoms with Gasteiger partial charge in [0.2, 0.25) is 0 Å². The SMILES string of the molecule is CCCCCCC(CCC(=O)O)C(=O)OCC1CO1. The minimum atomic E-state index is -0.864. The number of rotatable bonds is 11. The van der Waals surface area contributed by atoms with Crippen molar-refractivity contribution >= 4 is 11.9 Å². The lowest BCUT2D eigenvalue weighted by molar-refractivity contribution is -0.150. The van der Waals surface area contributed by atoms with Gasteiger partial charge in [0.1, 0.15) is 12.7 Å². The number of carbonyl (C=O) groups is 2. The van der Waals surface area contributed by atoms with Gasteiger partial charge in [0.05, 0.1) is 12.5 Å². The van der Waals surface area contributed by atoms with Crippen molar-refractivity contribution in [2.75, 3.05) is 13.2 Å². The maximum absolute atomic E-state index is 11.9. The first-order chi connectivity index (χ1) is 9.13. The molecule has 1 N–H and O–H groups in total. The third-order valence-electron chi connectivity index (χ3n) is 3.26. The predicted molar refractivity (Wildman–Crippen MR) is 69.8 cm³/mol. The lowest BCUT2D eigenvalue weighted by atomic mass is 9.96. The second-order valence-electron chi connectivity index (χ2n) is 5.06. The monoisotopic (exact) mass is 272 g/mol. The van der Waals surface area contributed by atoms with Crippen LogP contribution in [0.15, 0.2) is 0 Å². The van der Waals surface area contributed by atoms with Gasteiger partial charge in [-0.15, -0.1) is 0 Å². The van der Waals surface area contributed by atoms with Crippen molar-refractivity contribution in [3.05, 3.63) is 0 Å². The van der Waals surface area contributed by atoms with Crippen LogP contribution < -0.4 is 0 Å². The Bertz CT molecular complexity index is 286. The number of ether oxygens (including phenoxy) is 2. The summed E-state index contributed by atoms with van der Waals surface area (Å²) in [7, 11) is 0. The Morgan fingerprint density at radius 3 is 2.63 bits per heavy atom. The number of esters is 1. The number of epoxide rings is 1. The molecule has 0 radical (unpaired) electrons. The topological polar surface area (TPSA) is 76.1 Å². The van der Waals surface area contributed by atoms with E-state index in [2.05, 4.69) is 6.92 Å². The molecule has 19 heavy (non-hydrogen) atoms. The molecule has 0 aromatic rings. The summed E-state index contributed by atoms with van der Waals surface area (Å²) in [5, 5.41) is 8.71. The second-order valence-corrected chi connectivity index (χ2v) is 5.06. The van der Waals surface area contributed by atoms with Crippen molar-refractivity contribution in [2.45, 2.75) is 58.0 Å². The van der Waals surface area contributed by atoms with Crippen LogP contribution in [0.3, 0.4) is 0 Å². The molecule has 1 heterocycles. The first-order valence-corrected chi connectivity index (χ1v) is 7.13. The fourth-order valence-corrected chi connectivity index (χ4v) is 1.95. The lowest BCUT2D eigenvalue weighted by Gasteiger charge is -2.14. The molecule has 0 bridgehead atoms. The highest BCUT2D eigenvalue weighted by Crippen LogP contribution is 2.19. The van der Waals surface area contributed by atoms with Crippen LogP contribution in [0.5, 0.6) is 0 Å². The average molecular weight is 272 g/mol. The number of carboxylic acid groups (broad SMARTS) is 1. The summed E-state index contributed by atoms with van der Waals surface area (Å²) in [5.41, 5.74) is 0. The fraction of sp³-hybridized carbons (Fsp3) is 0.857. The molecule has 1 rings (SSSR count). The summed E-state index contributed by atoms with van der Waals surface area (Å²) in [4.78, 5) is 22.5. The molecule has 1 fully saturated rings. The standard InChI is InChI=1S/C14H24O5/c1-2-3-4-5-6-11(7-8-13(15)16)14(17)19-10-12-9-18-12/h11-12H,2-10H2,1H3,(H,15,16). The molecule has 1 aliphatic rings. The molecule has 110 valence electrons. The van der Waals surface area contributed by atoms with Crippen molar-refractivity contribution in [1.82, 2.24) is 0 Å². The van der Waals surface area contributed by atoms with Gasteiger partial charge < -0.3 is 14.6 Å². The minimum Gasteiger partial charge on any atom is -0.481 e. The molecule has 0 amide bonds. The molecule has 5 nitrogen and oxygen atoms in total. The average Bonchev–Trinajstić information content (AvgIpc) is 3.19. The molecule has 2 atom stereocenters. The van der Waals surface area contributed by atoms with Gasteiger partial charge in [0.25, 0.3) is 0 Å². The van der Waals surface area contributed by atoms with E-state index in [0.29, 0.717) is 19.6 Å². The number of carbonyl (C=O) groups excluding carboxylic acids is 1. The van der Waals surface area contributed by atoms with E-state index in [1.165, 1.54) is 0 Å². The highest BCUT2D eigenvalue weighted by Gasteiger charge is 2.27. The van der Waals surface area contributed by atoms with Crippen LogP contribution in [-0.2, 0) is 19.1 Å². The van der Waals surface area contributed by atoms with Crippen LogP contribution in [0, 0.1) is 5.92 Å². The zero-order valence-electron chi connectivity index (χ0n) is 11.6. The van der Waals surface area contributed by atoms with E-state index >= 15 is 0 Å². The van der Waals surface area contributed by atoms with Crippen LogP contribution in [0.4, 0.5) is 0 Å². The normalized spacial score (nSPS) is 18.9. The first-order valence-electron chi connectivity index (χ1n) is 7.13. The molecule has 2 unspecified atom stereocenters. The number of hydrogen-bond donors (Lipinski definition) is 1. The van der Waals surface area contributed by atoms with Gasteiger partial charge in [0.15, 0.2) is 0 Å². The predicted octanol–water partition coefficient (Wildman–Crippen LogP) is 2.38. The Morgan fingerprint density at radius 1 is 1.32 bits per heavy atom. The van der Waals surface area contributed by atoms with Crippen molar-refractivity contribution in [2.24, 2.45) is 5.92 Å². The smallest absolute Gasteiger partial charge is 0.309 e. The molecular weight excluding hydrogens is 248 g/mol. The van der Waals surface area contributed by atoms with Crippen LogP contribution in [0.1, 0.15) is 51.9 Å². The van der Waals surface area contributed by atoms with Crippen molar-refractivity contribution in [1.29, 1.82) is 0 Å². The van der Waals surface area contributed by atoms with Crippen LogP contribution >= 0.6 is 0 Å². The van der Waals surface area contributed by atoms with E-state index in [-0.39, 0.29) is 24.4 Å². The summed E-state index contributed by atoms with van der Waals surface area (Å²) >= 11 is 0. The highest BCUT2D eigenvalue weighted by molar-refractivity contribution is 5.74. The largest absolute Gasteiger partial charge is 0.481 e. The van der Waals surface area contributed by atoms with E-state index in [9.17, 15) is 9.59 Å². The van der Waals surface area contributed by atoms with Crippen LogP contribution in [0.25, 0.3) is 0 Å². The summed E-state index contributed by atoms with van der Waals surface area (Å²) in [6.07, 6.45) is 5.49. The molecular formula is C14H24O5. The van der Waals surface area contributed by atoms with Gasteiger partial charge in [-0.3, -0.25) is 9.59 Å². The van der Waals surface area contributed by atoms with Crippen molar-refractivity contribution in [3.8, 4) is 0 Å². The molecule has 0 aromatic heterocycles. The van der Waals surface area contributed by atoms with Crippen LogP contribution in [-0.4, -0.2) is 36.4 Å². The van der Waals surface area contributed by atoms with Gasteiger partial charge in [-0.1, -0.05) is 32.6 Å². The Balaban J connectivity index is 2.27. The number of carboxylic acids is 1. The fourth-order valence-electron chi connectivity index (χ4n) is 1.95. The van der Waals surface area contributed by atoms with Gasteiger partial charge in [-0.05, 0) is 12.8 Å². The zero-order valence-corrected chi connectivity index (χ0v) is 11.6. The van der Waals surface area contributed by atoms with Crippen LogP contribution in [0.2, 0.25) is 0 Å². The Kier molecular flexibility index (Phi) is 7.48. The number of hydrogen-bond acceptors (Lipinski definition) is 4. The molecule has 1 aliphatic heterocycles. The first kappa shape index (κ1) is 16.0. The van der Waals surface area contributed by atoms with E-state index in [1.807, 2.05) is 0 Å². The van der Waals surface area contributed by atoms with Gasteiger partial charge in [-0.25, -0.2) is 0 Å². The molecule has 0 saturated carbocycles. The number of unbranched alkanes of at least 4 members (excludes halogenated alkanes) is 3. The summed E-state index contributed by atoms with van der Waals surface area (Å²) in [5.74, 6) is -1.42. The maximum Gasteiger partial charge on any atom is 0.309 e. The van der Waals surface area contributed by atoms with Crippen molar-refractivity contribution in [3.63, 3.8) is 0 Å². The van der Waals surface area contributed by atoms with E-state index < -0.39 is 5.97 Å². The van der Waals surface area contributed by atoms with Gasteiger partial charge >= 0.3 is 11.9 Å². The van der Waals surface area contributed by atoms with Gasteiger partial charge in [-0.2, -0.15) is 0 Å². The van der Waals surface area contributed by atoms with Gasteiger partial charge in [0, 0.05) is 6.42 Å². The molecule has 0 spiro atoms. The lowest BCUT2D eigenvalue weighted by Crippen LogP contribution is -2.21. The Labute approximate surface area is 114 Å². The minimum absolute atomic E-state index is 0.0213. The molecule has 1 saturated heterocycles. The second kappa shape index (κ2) is 8.91. The third-order valence-corrected chi connectivity index (χ3v) is 3.26. The number of aliphatic carboxylic acids is 1. The van der Waals surface area contributed by atoms with Crippen molar-refractivity contribution < 1.29 is 24.2 Å². The van der Waals surface area contributed by atoms with E-state index in [4.69, 9.17) is 14.6 Å². The van der Waals surface area contributed by atoms with E-state index in [1.54, 1.807) is 0 Å². The summed E-state index contributed by atoms with van der Waals surface area (Å²) in [6, 6.07) is 0. The quantitative estimate of drug-likeness (QED) is 0.355. The summed E-state index contributed by atoms with van der Waals surface area (Å²) < 4.78 is 10.1. The van der Waals surface area contributed by atoms with E-state index in [0.717, 1.165) is 32.1 Å². The highest BCUT2D eigenvalue weighted by atomic mass is 16.6. The Hall–Kier alpha value is -1.10.